The van der Waals surface area contributed by atoms with Crippen LogP contribution in [0.4, 0.5) is 15.4 Å². The molecule has 0 radical (unpaired) electrons. The lowest BCUT2D eigenvalue weighted by Gasteiger charge is -2.37. The largest absolute Gasteiger partial charge is 0.470 e. The monoisotopic (exact) mass is 536 g/mol. The number of carbonyl (C=O) groups is 3. The van der Waals surface area contributed by atoms with Crippen molar-refractivity contribution in [3.63, 3.8) is 0 Å². The molecule has 3 fully saturated rings. The number of ether oxygens (including phenoxy) is 3. The minimum absolute atomic E-state index is 0.100. The number of fused-ring (bicyclic) bond motifs is 1. The standard InChI is InChI=1S/C25H28N8O6/c1-37-24(35)32-14-17(15-32)38-23-18(3-2-5-26-23)19-13-28-33-6-4-20(29-22(19)33)30-7-9-31(10-8-30)25(36)39-16-11-21(34)27-12-16/h2-6,13,16-17H,7-12,14-15H2,1H3,(H,27,34)/t16-/m0/s1. The van der Waals surface area contributed by atoms with Crippen LogP contribution in [0.1, 0.15) is 6.42 Å². The van der Waals surface area contributed by atoms with E-state index in [1.807, 2.05) is 24.4 Å². The number of amides is 3. The molecule has 14 nitrogen and oxygen atoms in total. The van der Waals surface area contributed by atoms with E-state index in [9.17, 15) is 14.4 Å². The summed E-state index contributed by atoms with van der Waals surface area (Å²) in [7, 11) is 1.35. The second kappa shape index (κ2) is 10.3. The van der Waals surface area contributed by atoms with Gasteiger partial charge in [-0.05, 0) is 18.2 Å². The highest BCUT2D eigenvalue weighted by molar-refractivity contribution is 5.81. The van der Waals surface area contributed by atoms with Gasteiger partial charge in [0.15, 0.2) is 5.65 Å². The molecule has 3 aliphatic heterocycles. The van der Waals surface area contributed by atoms with Crippen LogP contribution < -0.4 is 15.0 Å². The zero-order chi connectivity index (χ0) is 26.9. The van der Waals surface area contributed by atoms with Gasteiger partial charge in [-0.15, -0.1) is 0 Å². The van der Waals surface area contributed by atoms with Crippen molar-refractivity contribution in [2.45, 2.75) is 18.6 Å². The third-order valence-corrected chi connectivity index (χ3v) is 7.04. The highest BCUT2D eigenvalue weighted by Crippen LogP contribution is 2.32. The van der Waals surface area contributed by atoms with Gasteiger partial charge in [0.2, 0.25) is 11.8 Å². The number of nitrogens with zero attached hydrogens (tertiary/aromatic N) is 7. The molecule has 204 valence electrons. The topological polar surface area (TPSA) is 144 Å². The van der Waals surface area contributed by atoms with Crippen molar-refractivity contribution >= 4 is 29.6 Å². The summed E-state index contributed by atoms with van der Waals surface area (Å²) in [6.07, 6.45) is 4.07. The fourth-order valence-corrected chi connectivity index (χ4v) is 4.86. The molecule has 1 atom stereocenters. The van der Waals surface area contributed by atoms with E-state index in [0.717, 1.165) is 16.9 Å². The molecular weight excluding hydrogens is 508 g/mol. The van der Waals surface area contributed by atoms with Crippen LogP contribution in [0.25, 0.3) is 16.8 Å². The summed E-state index contributed by atoms with van der Waals surface area (Å²) in [4.78, 5) is 50.2. The number of piperazine rings is 1. The first-order valence-corrected chi connectivity index (χ1v) is 12.7. The Labute approximate surface area is 223 Å². The van der Waals surface area contributed by atoms with Gasteiger partial charge in [0.1, 0.15) is 18.0 Å². The van der Waals surface area contributed by atoms with Gasteiger partial charge in [-0.2, -0.15) is 5.10 Å². The van der Waals surface area contributed by atoms with E-state index >= 15 is 0 Å². The Hall–Kier alpha value is -4.62. The molecule has 3 aromatic heterocycles. The molecule has 3 amide bonds. The lowest BCUT2D eigenvalue weighted by molar-refractivity contribution is -0.119. The van der Waals surface area contributed by atoms with E-state index in [1.165, 1.54) is 7.11 Å². The molecule has 0 unspecified atom stereocenters. The van der Waals surface area contributed by atoms with E-state index in [4.69, 9.17) is 19.2 Å². The molecule has 0 aromatic carbocycles. The summed E-state index contributed by atoms with van der Waals surface area (Å²) in [5, 5.41) is 7.13. The Balaban J connectivity index is 1.14. The summed E-state index contributed by atoms with van der Waals surface area (Å²) in [6, 6.07) is 5.62. The number of anilines is 1. The fraction of sp³-hybridized carbons (Fsp3) is 0.440. The second-order valence-electron chi connectivity index (χ2n) is 9.57. The molecule has 0 bridgehead atoms. The van der Waals surface area contributed by atoms with Crippen LogP contribution in [-0.4, -0.2) is 113 Å². The molecule has 3 aliphatic rings. The Morgan fingerprint density at radius 1 is 1.03 bits per heavy atom. The molecule has 0 saturated carbocycles. The van der Waals surface area contributed by atoms with Gasteiger partial charge in [-0.1, -0.05) is 0 Å². The Kier molecular flexibility index (Phi) is 6.50. The molecule has 3 saturated heterocycles. The number of rotatable bonds is 5. The Morgan fingerprint density at radius 2 is 1.85 bits per heavy atom. The van der Waals surface area contributed by atoms with Gasteiger partial charge in [0.05, 0.1) is 44.9 Å². The summed E-state index contributed by atoms with van der Waals surface area (Å²) in [5.74, 6) is 1.11. The highest BCUT2D eigenvalue weighted by atomic mass is 16.6. The fourth-order valence-electron chi connectivity index (χ4n) is 4.86. The van der Waals surface area contributed by atoms with E-state index in [1.54, 1.807) is 26.7 Å². The van der Waals surface area contributed by atoms with Crippen LogP contribution in [0, 0.1) is 0 Å². The number of hydrogen-bond donors (Lipinski definition) is 1. The number of aromatic nitrogens is 4. The third kappa shape index (κ3) is 4.96. The number of methoxy groups -OCH3 is 1. The highest BCUT2D eigenvalue weighted by Gasteiger charge is 2.34. The van der Waals surface area contributed by atoms with Gasteiger partial charge in [-0.3, -0.25) is 4.79 Å². The van der Waals surface area contributed by atoms with E-state index in [-0.39, 0.29) is 24.5 Å². The van der Waals surface area contributed by atoms with E-state index in [0.29, 0.717) is 57.3 Å². The molecule has 0 spiro atoms. The predicted molar refractivity (Wildman–Crippen MR) is 136 cm³/mol. The van der Waals surface area contributed by atoms with Crippen LogP contribution in [-0.2, 0) is 14.3 Å². The molecular formula is C25H28N8O6. The maximum Gasteiger partial charge on any atom is 0.410 e. The van der Waals surface area contributed by atoms with Crippen LogP contribution >= 0.6 is 0 Å². The van der Waals surface area contributed by atoms with Gasteiger partial charge in [0, 0.05) is 44.1 Å². The first-order valence-electron chi connectivity index (χ1n) is 12.7. The Morgan fingerprint density at radius 3 is 2.59 bits per heavy atom. The minimum atomic E-state index is -0.412. The van der Waals surface area contributed by atoms with Crippen molar-refractivity contribution in [3.8, 4) is 17.0 Å². The molecule has 39 heavy (non-hydrogen) atoms. The number of likely N-dealkylation sites (tertiary alicyclic amines) is 1. The molecule has 14 heteroatoms. The first kappa shape index (κ1) is 24.7. The van der Waals surface area contributed by atoms with Crippen LogP contribution in [0.2, 0.25) is 0 Å². The zero-order valence-electron chi connectivity index (χ0n) is 21.4. The van der Waals surface area contributed by atoms with Crippen molar-refractivity contribution in [1.29, 1.82) is 0 Å². The minimum Gasteiger partial charge on any atom is -0.470 e. The number of nitrogens with one attached hydrogen (secondary N) is 1. The lowest BCUT2D eigenvalue weighted by atomic mass is 10.1. The van der Waals surface area contributed by atoms with E-state index < -0.39 is 12.2 Å². The van der Waals surface area contributed by atoms with Crippen molar-refractivity contribution in [3.05, 3.63) is 36.8 Å². The van der Waals surface area contributed by atoms with Gasteiger partial charge < -0.3 is 34.2 Å². The zero-order valence-corrected chi connectivity index (χ0v) is 21.4. The van der Waals surface area contributed by atoms with Crippen molar-refractivity contribution < 1.29 is 28.6 Å². The number of hydrogen-bond acceptors (Lipinski definition) is 10. The van der Waals surface area contributed by atoms with Crippen LogP contribution in [0.3, 0.4) is 0 Å². The summed E-state index contributed by atoms with van der Waals surface area (Å²) in [6.45, 7) is 3.35. The summed E-state index contributed by atoms with van der Waals surface area (Å²) >= 11 is 0. The molecule has 6 rings (SSSR count). The normalized spacial score (nSPS) is 19.6. The van der Waals surface area contributed by atoms with Crippen LogP contribution in [0.15, 0.2) is 36.8 Å². The molecule has 6 heterocycles. The summed E-state index contributed by atoms with van der Waals surface area (Å²) in [5.41, 5.74) is 2.17. The predicted octanol–water partition coefficient (Wildman–Crippen LogP) is 0.768. The van der Waals surface area contributed by atoms with Gasteiger partial charge >= 0.3 is 12.2 Å². The van der Waals surface area contributed by atoms with Crippen molar-refractivity contribution in [1.82, 2.24) is 34.7 Å². The number of carbonyl (C=O) groups excluding carboxylic acids is 3. The van der Waals surface area contributed by atoms with Crippen LogP contribution in [0.5, 0.6) is 5.88 Å². The number of pyridine rings is 1. The van der Waals surface area contributed by atoms with Crippen molar-refractivity contribution in [2.24, 2.45) is 0 Å². The first-order chi connectivity index (χ1) is 19.0. The van der Waals surface area contributed by atoms with E-state index in [2.05, 4.69) is 20.3 Å². The molecule has 1 N–H and O–H groups in total. The SMILES string of the molecule is COC(=O)N1CC(Oc2ncccc2-c2cnn3ccc(N4CCN(C(=O)O[C@@H]5CNC(=O)C5)CC4)nc23)C1. The van der Waals surface area contributed by atoms with Gasteiger partial charge in [-0.25, -0.2) is 24.1 Å². The maximum absolute atomic E-state index is 12.5. The lowest BCUT2D eigenvalue weighted by Crippen LogP contribution is -2.56. The average Bonchev–Trinajstić information content (AvgIpc) is 3.55. The van der Waals surface area contributed by atoms with Gasteiger partial charge in [0.25, 0.3) is 0 Å². The molecule has 0 aliphatic carbocycles. The third-order valence-electron chi connectivity index (χ3n) is 7.04. The quantitative estimate of drug-likeness (QED) is 0.496. The van der Waals surface area contributed by atoms with Crippen molar-refractivity contribution in [2.75, 3.05) is 57.8 Å². The average molecular weight is 537 g/mol. The Bertz CT molecular complexity index is 1400. The second-order valence-corrected chi connectivity index (χ2v) is 9.57. The maximum atomic E-state index is 12.5. The molecule has 3 aromatic rings. The smallest absolute Gasteiger partial charge is 0.410 e. The summed E-state index contributed by atoms with van der Waals surface area (Å²) < 4.78 is 18.0.